The van der Waals surface area contributed by atoms with Crippen molar-refractivity contribution in [3.05, 3.63) is 81.3 Å². The second-order valence-corrected chi connectivity index (χ2v) is 7.93. The van der Waals surface area contributed by atoms with E-state index in [0.29, 0.717) is 23.4 Å². The molecule has 0 saturated heterocycles. The highest BCUT2D eigenvalue weighted by Gasteiger charge is 2.17. The minimum atomic E-state index is -0.785. The molecule has 0 unspecified atom stereocenters. The van der Waals surface area contributed by atoms with Gasteiger partial charge >= 0.3 is 0 Å². The molecule has 178 valence electrons. The smallest absolute Gasteiger partial charge is 0.269 e. The van der Waals surface area contributed by atoms with Crippen molar-refractivity contribution in [1.82, 2.24) is 15.3 Å². The maximum absolute atomic E-state index is 13.9. The molecule has 0 saturated carbocycles. The van der Waals surface area contributed by atoms with Crippen LogP contribution in [-0.2, 0) is 6.42 Å². The third kappa shape index (κ3) is 5.66. The lowest BCUT2D eigenvalue weighted by Gasteiger charge is -2.20. The van der Waals surface area contributed by atoms with Crippen LogP contribution in [0.5, 0.6) is 5.75 Å². The molecule has 3 aromatic rings. The fourth-order valence-electron chi connectivity index (χ4n) is 3.31. The van der Waals surface area contributed by atoms with E-state index >= 15 is 0 Å². The van der Waals surface area contributed by atoms with E-state index in [0.717, 1.165) is 29.0 Å². The number of benzene rings is 1. The number of likely N-dealkylation sites (N-methyl/N-ethyl adjacent to an activating group) is 1. The van der Waals surface area contributed by atoms with Gasteiger partial charge in [0.2, 0.25) is 0 Å². The topological polar surface area (TPSA) is 84.4 Å². The Hall–Kier alpha value is -3.59. The third-order valence-corrected chi connectivity index (χ3v) is 5.69. The number of pyridine rings is 2. The first-order chi connectivity index (χ1) is 16.2. The molecule has 1 amide bonds. The SMILES string of the molecule is CNC(=O)c1ccc(Cc2cc(C=O)c(OCCN(C)c3ncc(F)cc3F)c(Cl)c2C)cn1. The molecule has 2 heterocycles. The van der Waals surface area contributed by atoms with E-state index in [1.54, 1.807) is 31.4 Å². The van der Waals surface area contributed by atoms with Gasteiger partial charge < -0.3 is 15.0 Å². The van der Waals surface area contributed by atoms with Crippen molar-refractivity contribution in [3.63, 3.8) is 0 Å². The van der Waals surface area contributed by atoms with E-state index in [4.69, 9.17) is 16.3 Å². The number of hydrogen-bond acceptors (Lipinski definition) is 6. The molecule has 0 aliphatic carbocycles. The molecule has 0 atom stereocenters. The van der Waals surface area contributed by atoms with Crippen LogP contribution in [0.3, 0.4) is 0 Å². The molecule has 3 rings (SSSR count). The summed E-state index contributed by atoms with van der Waals surface area (Å²) < 4.78 is 32.8. The predicted octanol–water partition coefficient (Wildman–Crippen LogP) is 3.99. The summed E-state index contributed by atoms with van der Waals surface area (Å²) in [5, 5.41) is 2.81. The van der Waals surface area contributed by atoms with Crippen molar-refractivity contribution in [2.45, 2.75) is 13.3 Å². The summed E-state index contributed by atoms with van der Waals surface area (Å²) in [4.78, 5) is 32.8. The van der Waals surface area contributed by atoms with Crippen molar-refractivity contribution in [1.29, 1.82) is 0 Å². The largest absolute Gasteiger partial charge is 0.489 e. The Morgan fingerprint density at radius 1 is 1.24 bits per heavy atom. The molecule has 7 nitrogen and oxygen atoms in total. The van der Waals surface area contributed by atoms with Crippen LogP contribution < -0.4 is 15.0 Å². The third-order valence-electron chi connectivity index (χ3n) is 5.23. The Labute approximate surface area is 200 Å². The standard InChI is InChI=1S/C24H23ClF2N4O3/c1-14-16(8-15-4-5-20(29-11-15)24(33)28-2)9-17(13-32)22(21(14)25)34-7-6-31(3)23-19(27)10-18(26)12-30-23/h4-5,9-13H,6-8H2,1-3H3,(H,28,33). The fraction of sp³-hybridized carbons (Fsp3) is 0.250. The van der Waals surface area contributed by atoms with Crippen LogP contribution in [-0.4, -0.2) is 49.4 Å². The van der Waals surface area contributed by atoms with Crippen LogP contribution in [0.2, 0.25) is 5.02 Å². The van der Waals surface area contributed by atoms with Crippen molar-refractivity contribution in [2.75, 3.05) is 32.1 Å². The molecule has 0 aliphatic rings. The number of hydrogen-bond donors (Lipinski definition) is 1. The molecule has 0 radical (unpaired) electrons. The van der Waals surface area contributed by atoms with E-state index in [1.807, 2.05) is 6.92 Å². The molecule has 0 spiro atoms. The monoisotopic (exact) mass is 488 g/mol. The highest BCUT2D eigenvalue weighted by Crippen LogP contribution is 2.34. The normalized spacial score (nSPS) is 10.6. The van der Waals surface area contributed by atoms with Gasteiger partial charge in [-0.3, -0.25) is 14.6 Å². The van der Waals surface area contributed by atoms with Gasteiger partial charge in [0.05, 0.1) is 23.3 Å². The molecule has 2 aromatic heterocycles. The number of nitrogens with zero attached hydrogens (tertiary/aromatic N) is 3. The molecule has 0 fully saturated rings. The Kier molecular flexibility index (Phi) is 8.12. The number of nitrogens with one attached hydrogen (secondary N) is 1. The minimum Gasteiger partial charge on any atom is -0.489 e. The zero-order valence-electron chi connectivity index (χ0n) is 18.9. The summed E-state index contributed by atoms with van der Waals surface area (Å²) in [5.41, 5.74) is 2.96. The number of amides is 1. The van der Waals surface area contributed by atoms with E-state index in [1.165, 1.54) is 11.9 Å². The average molecular weight is 489 g/mol. The lowest BCUT2D eigenvalue weighted by molar-refractivity contribution is 0.0957. The van der Waals surface area contributed by atoms with Crippen LogP contribution in [0.1, 0.15) is 37.5 Å². The maximum Gasteiger partial charge on any atom is 0.269 e. The van der Waals surface area contributed by atoms with Crippen molar-refractivity contribution in [2.24, 2.45) is 0 Å². The number of ether oxygens (including phenoxy) is 1. The van der Waals surface area contributed by atoms with Crippen LogP contribution in [0.25, 0.3) is 0 Å². The van der Waals surface area contributed by atoms with E-state index in [-0.39, 0.29) is 36.2 Å². The molecular weight excluding hydrogens is 466 g/mol. The summed E-state index contributed by atoms with van der Waals surface area (Å²) in [6.45, 7) is 2.11. The Balaban J connectivity index is 1.73. The van der Waals surface area contributed by atoms with Gasteiger partial charge in [-0.05, 0) is 42.2 Å². The van der Waals surface area contributed by atoms with Crippen LogP contribution in [0.15, 0.2) is 36.7 Å². The fourth-order valence-corrected chi connectivity index (χ4v) is 3.59. The maximum atomic E-state index is 13.9. The van der Waals surface area contributed by atoms with Gasteiger partial charge in [-0.1, -0.05) is 17.7 Å². The van der Waals surface area contributed by atoms with Gasteiger partial charge in [-0.25, -0.2) is 13.8 Å². The molecular formula is C24H23ClF2N4O3. The highest BCUT2D eigenvalue weighted by molar-refractivity contribution is 6.33. The zero-order chi connectivity index (χ0) is 24.8. The first kappa shape index (κ1) is 25.0. The molecule has 34 heavy (non-hydrogen) atoms. The lowest BCUT2D eigenvalue weighted by Crippen LogP contribution is -2.26. The van der Waals surface area contributed by atoms with Crippen LogP contribution in [0, 0.1) is 18.6 Å². The number of aromatic nitrogens is 2. The summed E-state index contributed by atoms with van der Waals surface area (Å²) >= 11 is 6.53. The summed E-state index contributed by atoms with van der Waals surface area (Å²) in [7, 11) is 3.12. The summed E-state index contributed by atoms with van der Waals surface area (Å²) in [5.74, 6) is -1.62. The number of carbonyl (C=O) groups excluding carboxylic acids is 2. The summed E-state index contributed by atoms with van der Waals surface area (Å²) in [6, 6.07) is 5.86. The highest BCUT2D eigenvalue weighted by atomic mass is 35.5. The first-order valence-electron chi connectivity index (χ1n) is 10.3. The number of anilines is 1. The quantitative estimate of drug-likeness (QED) is 0.458. The average Bonchev–Trinajstić information content (AvgIpc) is 2.83. The number of rotatable bonds is 9. The molecule has 1 N–H and O–H groups in total. The van der Waals surface area contributed by atoms with Crippen molar-refractivity contribution in [3.8, 4) is 5.75 Å². The second kappa shape index (κ2) is 11.0. The molecule has 0 aliphatic heterocycles. The molecule has 10 heteroatoms. The zero-order valence-corrected chi connectivity index (χ0v) is 19.6. The van der Waals surface area contributed by atoms with Crippen LogP contribution >= 0.6 is 11.6 Å². The Morgan fingerprint density at radius 2 is 2.00 bits per heavy atom. The van der Waals surface area contributed by atoms with Gasteiger partial charge in [0.25, 0.3) is 5.91 Å². The van der Waals surface area contributed by atoms with Gasteiger partial charge in [0.1, 0.15) is 23.9 Å². The first-order valence-corrected chi connectivity index (χ1v) is 10.7. The molecule has 1 aromatic carbocycles. The predicted molar refractivity (Wildman–Crippen MR) is 125 cm³/mol. The summed E-state index contributed by atoms with van der Waals surface area (Å²) in [6.07, 6.45) is 3.64. The Bertz CT molecular complexity index is 1210. The van der Waals surface area contributed by atoms with Gasteiger partial charge in [0, 0.05) is 26.4 Å². The van der Waals surface area contributed by atoms with Crippen molar-refractivity contribution >= 4 is 29.6 Å². The van der Waals surface area contributed by atoms with E-state index in [2.05, 4.69) is 15.3 Å². The minimum absolute atomic E-state index is 0.0192. The van der Waals surface area contributed by atoms with Gasteiger partial charge in [0.15, 0.2) is 17.9 Å². The van der Waals surface area contributed by atoms with Gasteiger partial charge in [-0.15, -0.1) is 0 Å². The molecule has 0 bridgehead atoms. The lowest BCUT2D eigenvalue weighted by atomic mass is 9.98. The number of carbonyl (C=O) groups is 2. The number of aldehydes is 1. The van der Waals surface area contributed by atoms with Crippen LogP contribution in [0.4, 0.5) is 14.6 Å². The second-order valence-electron chi connectivity index (χ2n) is 7.55. The van der Waals surface area contributed by atoms with E-state index < -0.39 is 11.6 Å². The van der Waals surface area contributed by atoms with Crippen molar-refractivity contribution < 1.29 is 23.1 Å². The van der Waals surface area contributed by atoms with E-state index in [9.17, 15) is 18.4 Å². The Morgan fingerprint density at radius 3 is 2.62 bits per heavy atom. The van der Waals surface area contributed by atoms with Gasteiger partial charge in [-0.2, -0.15) is 0 Å². The number of halogens is 3.